The summed E-state index contributed by atoms with van der Waals surface area (Å²) in [6.45, 7) is 3.10. The lowest BCUT2D eigenvalue weighted by atomic mass is 9.91. The van der Waals surface area contributed by atoms with Gasteiger partial charge in [0.2, 0.25) is 5.91 Å². The van der Waals surface area contributed by atoms with E-state index in [1.807, 2.05) is 4.90 Å². The van der Waals surface area contributed by atoms with Gasteiger partial charge in [0.05, 0.1) is 0 Å². The lowest BCUT2D eigenvalue weighted by Crippen LogP contribution is -2.41. The Labute approximate surface area is 84.5 Å². The van der Waals surface area contributed by atoms with E-state index in [1.165, 1.54) is 0 Å². The monoisotopic (exact) mass is 195 g/mol. The molecule has 1 aliphatic carbocycles. The molecule has 1 aliphatic heterocycles. The topological polar surface area (TPSA) is 37.4 Å². The second-order valence-electron chi connectivity index (χ2n) is 4.48. The fourth-order valence-corrected chi connectivity index (χ4v) is 2.20. The molecular formula is C11H17NO2. The number of piperidine rings is 1. The summed E-state index contributed by atoms with van der Waals surface area (Å²) in [6, 6.07) is 0. The molecule has 1 unspecified atom stereocenters. The van der Waals surface area contributed by atoms with Gasteiger partial charge in [-0.05, 0) is 25.7 Å². The standard InChI is InChI=1S/C11H17NO2/c1-8(13)12-6-2-3-10(7-12)11(14)9-4-5-9/h9-10H,2-7H2,1H3. The van der Waals surface area contributed by atoms with Crippen molar-refractivity contribution in [1.82, 2.24) is 4.90 Å². The molecule has 0 bridgehead atoms. The summed E-state index contributed by atoms with van der Waals surface area (Å²) in [5, 5.41) is 0. The van der Waals surface area contributed by atoms with Gasteiger partial charge < -0.3 is 4.90 Å². The number of Topliss-reactive ketones (excluding diaryl/α,β-unsaturated/α-hetero) is 1. The molecule has 0 aromatic carbocycles. The van der Waals surface area contributed by atoms with Crippen molar-refractivity contribution in [3.05, 3.63) is 0 Å². The van der Waals surface area contributed by atoms with Crippen molar-refractivity contribution in [3.8, 4) is 0 Å². The maximum atomic E-state index is 11.8. The van der Waals surface area contributed by atoms with Crippen molar-refractivity contribution in [2.24, 2.45) is 11.8 Å². The first kappa shape index (κ1) is 9.69. The summed E-state index contributed by atoms with van der Waals surface area (Å²) in [5.41, 5.74) is 0. The smallest absolute Gasteiger partial charge is 0.219 e. The van der Waals surface area contributed by atoms with Crippen molar-refractivity contribution >= 4 is 11.7 Å². The van der Waals surface area contributed by atoms with E-state index in [1.54, 1.807) is 6.92 Å². The van der Waals surface area contributed by atoms with Crippen LogP contribution in [-0.4, -0.2) is 29.7 Å². The maximum absolute atomic E-state index is 11.8. The Morgan fingerprint density at radius 3 is 2.43 bits per heavy atom. The van der Waals surface area contributed by atoms with Gasteiger partial charge in [-0.15, -0.1) is 0 Å². The van der Waals surface area contributed by atoms with Crippen molar-refractivity contribution < 1.29 is 9.59 Å². The van der Waals surface area contributed by atoms with Gasteiger partial charge in [0, 0.05) is 31.8 Å². The lowest BCUT2D eigenvalue weighted by molar-refractivity contribution is -0.133. The van der Waals surface area contributed by atoms with E-state index in [-0.39, 0.29) is 11.8 Å². The number of carbonyl (C=O) groups is 2. The number of hydrogen-bond donors (Lipinski definition) is 0. The van der Waals surface area contributed by atoms with Gasteiger partial charge in [0.15, 0.2) is 0 Å². The Kier molecular flexibility index (Phi) is 2.57. The number of likely N-dealkylation sites (tertiary alicyclic amines) is 1. The predicted molar refractivity (Wildman–Crippen MR) is 52.7 cm³/mol. The molecule has 1 amide bonds. The van der Waals surface area contributed by atoms with E-state index in [4.69, 9.17) is 0 Å². The summed E-state index contributed by atoms with van der Waals surface area (Å²) in [6.07, 6.45) is 4.13. The molecule has 78 valence electrons. The Hall–Kier alpha value is -0.860. The fourth-order valence-electron chi connectivity index (χ4n) is 2.20. The second kappa shape index (κ2) is 3.71. The Bertz CT molecular complexity index is 258. The third-order valence-electron chi connectivity index (χ3n) is 3.25. The van der Waals surface area contributed by atoms with Gasteiger partial charge in [-0.1, -0.05) is 0 Å². The van der Waals surface area contributed by atoms with Gasteiger partial charge in [-0.2, -0.15) is 0 Å². The van der Waals surface area contributed by atoms with Crippen LogP contribution in [0.2, 0.25) is 0 Å². The molecular weight excluding hydrogens is 178 g/mol. The molecule has 14 heavy (non-hydrogen) atoms. The molecule has 1 saturated carbocycles. The van der Waals surface area contributed by atoms with Crippen LogP contribution in [0.3, 0.4) is 0 Å². The zero-order valence-electron chi connectivity index (χ0n) is 8.66. The zero-order valence-corrected chi connectivity index (χ0v) is 8.66. The van der Waals surface area contributed by atoms with Crippen molar-refractivity contribution in [1.29, 1.82) is 0 Å². The van der Waals surface area contributed by atoms with Crippen molar-refractivity contribution in [3.63, 3.8) is 0 Å². The molecule has 0 N–H and O–H groups in total. The van der Waals surface area contributed by atoms with E-state index in [9.17, 15) is 9.59 Å². The van der Waals surface area contributed by atoms with E-state index < -0.39 is 0 Å². The minimum absolute atomic E-state index is 0.110. The minimum atomic E-state index is 0.110. The van der Waals surface area contributed by atoms with E-state index >= 15 is 0 Å². The molecule has 1 atom stereocenters. The molecule has 1 saturated heterocycles. The first-order chi connectivity index (χ1) is 6.68. The van der Waals surface area contributed by atoms with Crippen LogP contribution in [0.1, 0.15) is 32.6 Å². The molecule has 0 spiro atoms. The largest absolute Gasteiger partial charge is 0.342 e. The molecule has 0 aromatic rings. The average Bonchev–Trinajstić information content (AvgIpc) is 3.00. The van der Waals surface area contributed by atoms with Gasteiger partial charge in [-0.3, -0.25) is 9.59 Å². The molecule has 0 radical (unpaired) electrons. The molecule has 0 aromatic heterocycles. The highest BCUT2D eigenvalue weighted by Crippen LogP contribution is 2.34. The van der Waals surface area contributed by atoms with Crippen LogP contribution in [-0.2, 0) is 9.59 Å². The molecule has 2 rings (SSSR count). The second-order valence-corrected chi connectivity index (χ2v) is 4.48. The molecule has 2 aliphatic rings. The first-order valence-electron chi connectivity index (χ1n) is 5.47. The third-order valence-corrected chi connectivity index (χ3v) is 3.25. The van der Waals surface area contributed by atoms with Crippen LogP contribution < -0.4 is 0 Å². The Morgan fingerprint density at radius 1 is 1.14 bits per heavy atom. The predicted octanol–water partition coefficient (Wildman–Crippen LogP) is 1.22. The molecule has 3 nitrogen and oxygen atoms in total. The first-order valence-corrected chi connectivity index (χ1v) is 5.47. The maximum Gasteiger partial charge on any atom is 0.219 e. The van der Waals surface area contributed by atoms with Crippen LogP contribution in [0.5, 0.6) is 0 Å². The van der Waals surface area contributed by atoms with Gasteiger partial charge >= 0.3 is 0 Å². The van der Waals surface area contributed by atoms with E-state index in [0.29, 0.717) is 18.2 Å². The number of amides is 1. The lowest BCUT2D eigenvalue weighted by Gasteiger charge is -2.31. The highest BCUT2D eigenvalue weighted by molar-refractivity contribution is 5.86. The number of nitrogens with zero attached hydrogens (tertiary/aromatic N) is 1. The SMILES string of the molecule is CC(=O)N1CCCC(C(=O)C2CC2)C1. The summed E-state index contributed by atoms with van der Waals surface area (Å²) in [7, 11) is 0. The van der Waals surface area contributed by atoms with E-state index in [0.717, 1.165) is 32.2 Å². The Balaban J connectivity index is 1.92. The summed E-state index contributed by atoms with van der Waals surface area (Å²) in [4.78, 5) is 24.8. The van der Waals surface area contributed by atoms with Crippen LogP contribution in [0.25, 0.3) is 0 Å². The van der Waals surface area contributed by atoms with Crippen LogP contribution >= 0.6 is 0 Å². The zero-order chi connectivity index (χ0) is 10.1. The summed E-state index contributed by atoms with van der Waals surface area (Å²) >= 11 is 0. The van der Waals surface area contributed by atoms with Crippen molar-refractivity contribution in [2.45, 2.75) is 32.6 Å². The normalized spacial score (nSPS) is 27.5. The fraction of sp³-hybridized carbons (Fsp3) is 0.818. The number of rotatable bonds is 2. The van der Waals surface area contributed by atoms with Crippen LogP contribution in [0.15, 0.2) is 0 Å². The van der Waals surface area contributed by atoms with Crippen molar-refractivity contribution in [2.75, 3.05) is 13.1 Å². The van der Waals surface area contributed by atoms with E-state index in [2.05, 4.69) is 0 Å². The minimum Gasteiger partial charge on any atom is -0.342 e. The van der Waals surface area contributed by atoms with Crippen LogP contribution in [0.4, 0.5) is 0 Å². The third kappa shape index (κ3) is 1.97. The van der Waals surface area contributed by atoms with Gasteiger partial charge in [-0.25, -0.2) is 0 Å². The van der Waals surface area contributed by atoms with Gasteiger partial charge in [0.1, 0.15) is 5.78 Å². The molecule has 3 heteroatoms. The summed E-state index contributed by atoms with van der Waals surface area (Å²) in [5.74, 6) is 1.00. The highest BCUT2D eigenvalue weighted by atomic mass is 16.2. The molecule has 2 fully saturated rings. The summed E-state index contributed by atoms with van der Waals surface area (Å²) < 4.78 is 0. The Morgan fingerprint density at radius 2 is 1.86 bits per heavy atom. The number of carbonyl (C=O) groups excluding carboxylic acids is 2. The quantitative estimate of drug-likeness (QED) is 0.664. The average molecular weight is 195 g/mol. The number of ketones is 1. The molecule has 1 heterocycles. The van der Waals surface area contributed by atoms with Gasteiger partial charge in [0.25, 0.3) is 0 Å². The highest BCUT2D eigenvalue weighted by Gasteiger charge is 2.36. The number of hydrogen-bond acceptors (Lipinski definition) is 2. The van der Waals surface area contributed by atoms with Crippen LogP contribution in [0, 0.1) is 11.8 Å².